The summed E-state index contributed by atoms with van der Waals surface area (Å²) in [5.41, 5.74) is 1.21. The van der Waals surface area contributed by atoms with Crippen LogP contribution in [-0.2, 0) is 4.74 Å². The predicted molar refractivity (Wildman–Crippen MR) is 72.8 cm³/mol. The van der Waals surface area contributed by atoms with E-state index in [2.05, 4.69) is 11.4 Å². The number of fused-ring (bicyclic) bond motifs is 1. The molecule has 0 radical (unpaired) electrons. The van der Waals surface area contributed by atoms with Gasteiger partial charge in [0.15, 0.2) is 0 Å². The second-order valence-electron chi connectivity index (χ2n) is 5.19. The summed E-state index contributed by atoms with van der Waals surface area (Å²) in [7, 11) is 3.67. The molecule has 0 bridgehead atoms. The van der Waals surface area contributed by atoms with Gasteiger partial charge in [0.2, 0.25) is 0 Å². The summed E-state index contributed by atoms with van der Waals surface area (Å²) in [6.45, 7) is 0.861. The van der Waals surface area contributed by atoms with Gasteiger partial charge >= 0.3 is 0 Å². The first-order valence-corrected chi connectivity index (χ1v) is 6.95. The van der Waals surface area contributed by atoms with Crippen LogP contribution >= 0.6 is 0 Å². The normalized spacial score (nSPS) is 29.7. The number of methoxy groups -OCH3 is 1. The van der Waals surface area contributed by atoms with E-state index in [-0.39, 0.29) is 12.2 Å². The van der Waals surface area contributed by atoms with Gasteiger partial charge in [0.25, 0.3) is 0 Å². The maximum Gasteiger partial charge on any atom is 0.128 e. The lowest BCUT2D eigenvalue weighted by molar-refractivity contribution is -0.00407. The van der Waals surface area contributed by atoms with Gasteiger partial charge in [-0.05, 0) is 26.0 Å². The predicted octanol–water partition coefficient (Wildman–Crippen LogP) is 2.29. The lowest BCUT2D eigenvalue weighted by Crippen LogP contribution is -2.39. The first-order valence-electron chi connectivity index (χ1n) is 6.95. The first kappa shape index (κ1) is 12.8. The number of nitrogens with one attached hydrogen (secondary N) is 1. The van der Waals surface area contributed by atoms with Gasteiger partial charge in [-0.2, -0.15) is 0 Å². The van der Waals surface area contributed by atoms with Crippen molar-refractivity contribution >= 4 is 0 Å². The van der Waals surface area contributed by atoms with E-state index in [4.69, 9.17) is 14.2 Å². The molecule has 0 saturated carbocycles. The molecule has 0 aromatic heterocycles. The summed E-state index contributed by atoms with van der Waals surface area (Å²) in [5.74, 6) is 1.76. The molecule has 1 aromatic rings. The number of rotatable bonds is 3. The van der Waals surface area contributed by atoms with Crippen molar-refractivity contribution in [1.82, 2.24) is 5.32 Å². The zero-order chi connectivity index (χ0) is 13.2. The minimum absolute atomic E-state index is 0.138. The fraction of sp³-hybridized carbons (Fsp3) is 0.600. The summed E-state index contributed by atoms with van der Waals surface area (Å²) in [5, 5.41) is 3.37. The van der Waals surface area contributed by atoms with Gasteiger partial charge in [-0.25, -0.2) is 0 Å². The highest BCUT2D eigenvalue weighted by Gasteiger charge is 2.35. The number of ether oxygens (including phenoxy) is 3. The van der Waals surface area contributed by atoms with Gasteiger partial charge < -0.3 is 19.5 Å². The Balaban J connectivity index is 1.87. The van der Waals surface area contributed by atoms with E-state index in [0.717, 1.165) is 37.4 Å². The van der Waals surface area contributed by atoms with Crippen LogP contribution in [0.1, 0.15) is 30.9 Å². The highest BCUT2D eigenvalue weighted by atomic mass is 16.5. The minimum Gasteiger partial charge on any atom is -0.497 e. The van der Waals surface area contributed by atoms with Crippen molar-refractivity contribution in [2.45, 2.75) is 37.5 Å². The molecule has 3 unspecified atom stereocenters. The Labute approximate surface area is 114 Å². The molecular weight excluding hydrogens is 242 g/mol. The summed E-state index contributed by atoms with van der Waals surface area (Å²) in [6.07, 6.45) is 3.57. The zero-order valence-corrected chi connectivity index (χ0v) is 11.5. The average molecular weight is 263 g/mol. The molecule has 1 fully saturated rings. The molecule has 2 aliphatic rings. The Morgan fingerprint density at radius 3 is 2.89 bits per heavy atom. The molecule has 0 spiro atoms. The van der Waals surface area contributed by atoms with Gasteiger partial charge in [-0.3, -0.25) is 0 Å². The van der Waals surface area contributed by atoms with Crippen molar-refractivity contribution in [2.75, 3.05) is 20.8 Å². The van der Waals surface area contributed by atoms with Gasteiger partial charge in [0.05, 0.1) is 13.2 Å². The molecule has 4 nitrogen and oxygen atoms in total. The fourth-order valence-electron chi connectivity index (χ4n) is 3.00. The Morgan fingerprint density at radius 1 is 1.32 bits per heavy atom. The van der Waals surface area contributed by atoms with Crippen molar-refractivity contribution in [2.24, 2.45) is 0 Å². The lowest BCUT2D eigenvalue weighted by Gasteiger charge is -2.34. The van der Waals surface area contributed by atoms with E-state index >= 15 is 0 Å². The number of hydrogen-bond donors (Lipinski definition) is 1. The summed E-state index contributed by atoms with van der Waals surface area (Å²) in [6, 6.07) is 6.37. The Kier molecular flexibility index (Phi) is 3.62. The standard InChI is InChI=1S/C15H21NO3/c1-16-12-9-15(13-4-3-7-18-13)19-14-8-10(17-2)5-6-11(12)14/h5-6,8,12-13,15-16H,3-4,7,9H2,1-2H3. The van der Waals surface area contributed by atoms with Gasteiger partial charge in [-0.15, -0.1) is 0 Å². The third kappa shape index (κ3) is 2.42. The van der Waals surface area contributed by atoms with Crippen LogP contribution in [0.15, 0.2) is 18.2 Å². The summed E-state index contributed by atoms with van der Waals surface area (Å²) >= 11 is 0. The third-order valence-electron chi connectivity index (χ3n) is 4.07. The Hall–Kier alpha value is -1.26. The smallest absolute Gasteiger partial charge is 0.128 e. The van der Waals surface area contributed by atoms with Gasteiger partial charge in [0, 0.05) is 30.7 Å². The van der Waals surface area contributed by atoms with Crippen LogP contribution < -0.4 is 14.8 Å². The highest BCUT2D eigenvalue weighted by Crippen LogP contribution is 2.39. The molecule has 1 N–H and O–H groups in total. The topological polar surface area (TPSA) is 39.7 Å². The molecule has 104 valence electrons. The summed E-state index contributed by atoms with van der Waals surface area (Å²) < 4.78 is 17.2. The van der Waals surface area contributed by atoms with Crippen molar-refractivity contribution in [3.63, 3.8) is 0 Å². The van der Waals surface area contributed by atoms with Crippen molar-refractivity contribution in [3.8, 4) is 11.5 Å². The SMILES string of the molecule is CNC1CC(C2CCCO2)Oc2cc(OC)ccc21. The molecule has 4 heteroatoms. The first-order chi connectivity index (χ1) is 9.31. The van der Waals surface area contributed by atoms with Crippen LogP contribution in [0, 0.1) is 0 Å². The van der Waals surface area contributed by atoms with Crippen LogP contribution in [-0.4, -0.2) is 33.0 Å². The largest absolute Gasteiger partial charge is 0.497 e. The van der Waals surface area contributed by atoms with E-state index in [1.807, 2.05) is 19.2 Å². The van der Waals surface area contributed by atoms with Crippen LogP contribution in [0.4, 0.5) is 0 Å². The Bertz CT molecular complexity index is 443. The Morgan fingerprint density at radius 2 is 2.21 bits per heavy atom. The van der Waals surface area contributed by atoms with E-state index in [1.165, 1.54) is 5.56 Å². The second kappa shape index (κ2) is 5.39. The lowest BCUT2D eigenvalue weighted by atomic mass is 9.93. The number of hydrogen-bond acceptors (Lipinski definition) is 4. The molecule has 3 rings (SSSR count). The molecule has 1 saturated heterocycles. The molecule has 19 heavy (non-hydrogen) atoms. The maximum atomic E-state index is 6.15. The van der Waals surface area contributed by atoms with E-state index < -0.39 is 0 Å². The van der Waals surface area contributed by atoms with Crippen LogP contribution in [0.5, 0.6) is 11.5 Å². The highest BCUT2D eigenvalue weighted by molar-refractivity contribution is 5.44. The molecule has 1 aromatic carbocycles. The van der Waals surface area contributed by atoms with Crippen LogP contribution in [0.3, 0.4) is 0 Å². The molecule has 2 heterocycles. The van der Waals surface area contributed by atoms with E-state index in [1.54, 1.807) is 7.11 Å². The van der Waals surface area contributed by atoms with Gasteiger partial charge in [0.1, 0.15) is 17.6 Å². The molecule has 2 aliphatic heterocycles. The minimum atomic E-state index is 0.138. The maximum absolute atomic E-state index is 6.15. The quantitative estimate of drug-likeness (QED) is 0.908. The average Bonchev–Trinajstić information content (AvgIpc) is 2.99. The number of benzene rings is 1. The monoisotopic (exact) mass is 263 g/mol. The van der Waals surface area contributed by atoms with Crippen molar-refractivity contribution in [3.05, 3.63) is 23.8 Å². The molecule has 0 aliphatic carbocycles. The van der Waals surface area contributed by atoms with Crippen LogP contribution in [0.25, 0.3) is 0 Å². The van der Waals surface area contributed by atoms with Crippen molar-refractivity contribution < 1.29 is 14.2 Å². The van der Waals surface area contributed by atoms with Crippen molar-refractivity contribution in [1.29, 1.82) is 0 Å². The second-order valence-corrected chi connectivity index (χ2v) is 5.19. The molecule has 0 amide bonds. The van der Waals surface area contributed by atoms with Crippen LogP contribution in [0.2, 0.25) is 0 Å². The van der Waals surface area contributed by atoms with E-state index in [0.29, 0.717) is 6.04 Å². The molecular formula is C15H21NO3. The third-order valence-corrected chi connectivity index (χ3v) is 4.07. The fourth-order valence-corrected chi connectivity index (χ4v) is 3.00. The zero-order valence-electron chi connectivity index (χ0n) is 11.5. The summed E-state index contributed by atoms with van der Waals surface area (Å²) in [4.78, 5) is 0. The molecule has 3 atom stereocenters. The van der Waals surface area contributed by atoms with Gasteiger partial charge in [-0.1, -0.05) is 6.07 Å². The van der Waals surface area contributed by atoms with E-state index in [9.17, 15) is 0 Å².